The van der Waals surface area contributed by atoms with E-state index in [0.29, 0.717) is 11.3 Å². The number of hydrogen-bond acceptors (Lipinski definition) is 5. The number of fused-ring (bicyclic) bond motifs is 1. The van der Waals surface area contributed by atoms with Crippen molar-refractivity contribution < 1.29 is 24.2 Å². The molecule has 168 valence electrons. The number of ketones is 1. The zero-order valence-corrected chi connectivity index (χ0v) is 18.1. The van der Waals surface area contributed by atoms with Gasteiger partial charge >= 0.3 is 5.97 Å². The number of allylic oxidation sites excluding steroid dienone is 2. The highest BCUT2D eigenvalue weighted by atomic mass is 16.5. The molecule has 4 N–H and O–H groups in total. The summed E-state index contributed by atoms with van der Waals surface area (Å²) >= 11 is 0. The van der Waals surface area contributed by atoms with Crippen LogP contribution in [-0.2, 0) is 25.5 Å². The minimum Gasteiger partial charge on any atom is -0.480 e. The van der Waals surface area contributed by atoms with Crippen LogP contribution in [0, 0.1) is 0 Å². The lowest BCUT2D eigenvalue weighted by atomic mass is 9.78. The number of carboxylic acids is 1. The molecule has 1 heterocycles. The molecular weight excluding hydrogens is 420 g/mol. The first-order valence-corrected chi connectivity index (χ1v) is 10.6. The maximum absolute atomic E-state index is 12.8. The van der Waals surface area contributed by atoms with E-state index in [4.69, 9.17) is 10.5 Å². The number of aliphatic carboxylic acids is 1. The number of nitrogens with one attached hydrogen (secondary N) is 1. The molecule has 1 aliphatic carbocycles. The lowest BCUT2D eigenvalue weighted by molar-refractivity contribution is -0.145. The van der Waals surface area contributed by atoms with E-state index in [0.717, 1.165) is 16.7 Å². The lowest BCUT2D eigenvalue weighted by Gasteiger charge is -2.35. The Labute approximate surface area is 191 Å². The van der Waals surface area contributed by atoms with Crippen molar-refractivity contribution in [3.8, 4) is 11.1 Å². The number of ether oxygens (including phenoxy) is 1. The van der Waals surface area contributed by atoms with Gasteiger partial charge in [0.2, 0.25) is 5.78 Å². The molecule has 1 aliphatic heterocycles. The highest BCUT2D eigenvalue weighted by Crippen LogP contribution is 2.43. The molecule has 7 heteroatoms. The van der Waals surface area contributed by atoms with Crippen LogP contribution < -0.4 is 11.1 Å². The van der Waals surface area contributed by atoms with Crippen molar-refractivity contribution in [3.05, 3.63) is 95.2 Å². The summed E-state index contributed by atoms with van der Waals surface area (Å²) in [7, 11) is 0. The summed E-state index contributed by atoms with van der Waals surface area (Å²) in [6.07, 6.45) is 5.53. The van der Waals surface area contributed by atoms with Gasteiger partial charge in [-0.2, -0.15) is 0 Å². The van der Waals surface area contributed by atoms with Crippen LogP contribution in [0.2, 0.25) is 0 Å². The van der Waals surface area contributed by atoms with E-state index in [9.17, 15) is 19.5 Å². The number of carbonyl (C=O) groups is 3. The van der Waals surface area contributed by atoms with E-state index in [1.165, 1.54) is 0 Å². The predicted molar refractivity (Wildman–Crippen MR) is 123 cm³/mol. The second kappa shape index (κ2) is 8.88. The second-order valence-corrected chi connectivity index (χ2v) is 8.06. The van der Waals surface area contributed by atoms with Crippen molar-refractivity contribution in [1.82, 2.24) is 5.32 Å². The number of carbonyl (C=O) groups excluding carboxylic acids is 2. The Morgan fingerprint density at radius 3 is 2.48 bits per heavy atom. The van der Waals surface area contributed by atoms with Crippen LogP contribution in [0.1, 0.15) is 12.5 Å². The van der Waals surface area contributed by atoms with Crippen LogP contribution in [0.4, 0.5) is 0 Å². The molecule has 0 aromatic heterocycles. The predicted octanol–water partition coefficient (Wildman–Crippen LogP) is 2.53. The van der Waals surface area contributed by atoms with E-state index in [1.54, 1.807) is 25.2 Å². The SMILES string of the molecule is CC1NC2=CC=CC(Cc3ccccc3-c3ccccc3)(OCC(=O)O)C2=C1C(=O)C(N)=O. The number of primary amides is 1. The van der Waals surface area contributed by atoms with Crippen LogP contribution >= 0.6 is 0 Å². The molecule has 7 nitrogen and oxygen atoms in total. The number of benzene rings is 2. The van der Waals surface area contributed by atoms with Gasteiger partial charge in [0.15, 0.2) is 0 Å². The Morgan fingerprint density at radius 2 is 1.79 bits per heavy atom. The highest BCUT2D eigenvalue weighted by Gasteiger charge is 2.46. The van der Waals surface area contributed by atoms with Gasteiger partial charge < -0.3 is 20.9 Å². The molecule has 4 rings (SSSR count). The fourth-order valence-electron chi connectivity index (χ4n) is 4.52. The molecule has 0 saturated heterocycles. The Bertz CT molecular complexity index is 1210. The topological polar surface area (TPSA) is 119 Å². The van der Waals surface area contributed by atoms with Crippen LogP contribution in [0.5, 0.6) is 0 Å². The zero-order chi connectivity index (χ0) is 23.6. The van der Waals surface area contributed by atoms with E-state index < -0.39 is 35.9 Å². The minimum atomic E-state index is -1.29. The number of Topliss-reactive ketones (excluding diaryl/α,β-unsaturated/α-hetero) is 1. The van der Waals surface area contributed by atoms with Gasteiger partial charge in [0, 0.05) is 23.3 Å². The molecule has 0 bridgehead atoms. The lowest BCUT2D eigenvalue weighted by Crippen LogP contribution is -2.41. The van der Waals surface area contributed by atoms with Crippen LogP contribution in [-0.4, -0.2) is 41.0 Å². The maximum atomic E-state index is 12.8. The number of rotatable bonds is 8. The molecule has 2 aromatic rings. The smallest absolute Gasteiger partial charge is 0.329 e. The van der Waals surface area contributed by atoms with Gasteiger partial charge in [-0.25, -0.2) is 4.79 Å². The first kappa shape index (κ1) is 22.2. The number of amides is 1. The summed E-state index contributed by atoms with van der Waals surface area (Å²) in [6, 6.07) is 17.1. The monoisotopic (exact) mass is 444 g/mol. The van der Waals surface area contributed by atoms with Gasteiger partial charge in [-0.3, -0.25) is 9.59 Å². The molecule has 0 spiro atoms. The van der Waals surface area contributed by atoms with Crippen LogP contribution in [0.25, 0.3) is 11.1 Å². The molecule has 2 aliphatic rings. The Balaban J connectivity index is 1.89. The normalized spacial score (nSPS) is 21.2. The van der Waals surface area contributed by atoms with Gasteiger partial charge in [0.05, 0.1) is 6.04 Å². The van der Waals surface area contributed by atoms with Gasteiger partial charge in [-0.15, -0.1) is 0 Å². The zero-order valence-electron chi connectivity index (χ0n) is 18.1. The second-order valence-electron chi connectivity index (χ2n) is 8.06. The van der Waals surface area contributed by atoms with Gasteiger partial charge in [0.25, 0.3) is 5.91 Å². The minimum absolute atomic E-state index is 0.195. The van der Waals surface area contributed by atoms with Crippen LogP contribution in [0.15, 0.2) is 89.7 Å². The fourth-order valence-corrected chi connectivity index (χ4v) is 4.52. The van der Waals surface area contributed by atoms with Crippen molar-refractivity contribution in [1.29, 1.82) is 0 Å². The molecule has 1 amide bonds. The third-order valence-corrected chi connectivity index (χ3v) is 5.87. The molecule has 0 saturated carbocycles. The molecule has 2 unspecified atom stereocenters. The molecule has 33 heavy (non-hydrogen) atoms. The Kier molecular flexibility index (Phi) is 5.98. The quantitative estimate of drug-likeness (QED) is 0.539. The number of carboxylic acid groups (broad SMARTS) is 1. The summed E-state index contributed by atoms with van der Waals surface area (Å²) < 4.78 is 6.02. The van der Waals surface area contributed by atoms with Crippen molar-refractivity contribution in [2.45, 2.75) is 25.0 Å². The molecular formula is C26H24N2O5. The Hall–Kier alpha value is -3.97. The van der Waals surface area contributed by atoms with E-state index in [1.807, 2.05) is 54.6 Å². The third kappa shape index (κ3) is 4.23. The van der Waals surface area contributed by atoms with Crippen molar-refractivity contribution >= 4 is 17.7 Å². The number of nitrogens with two attached hydrogens (primary N) is 1. The Morgan fingerprint density at radius 1 is 1.09 bits per heavy atom. The van der Waals surface area contributed by atoms with Gasteiger partial charge in [-0.1, -0.05) is 60.7 Å². The summed E-state index contributed by atoms with van der Waals surface area (Å²) in [5.41, 5.74) is 8.17. The van der Waals surface area contributed by atoms with Crippen molar-refractivity contribution in [2.24, 2.45) is 5.73 Å². The summed E-state index contributed by atoms with van der Waals surface area (Å²) in [6.45, 7) is 1.17. The van der Waals surface area contributed by atoms with Crippen molar-refractivity contribution in [2.75, 3.05) is 6.61 Å². The summed E-state index contributed by atoms with van der Waals surface area (Å²) in [5.74, 6) is -3.03. The van der Waals surface area contributed by atoms with E-state index in [-0.39, 0.29) is 12.0 Å². The average Bonchev–Trinajstić information content (AvgIpc) is 3.15. The summed E-state index contributed by atoms with van der Waals surface area (Å²) in [5, 5.41) is 12.6. The standard InChI is InChI=1S/C26H24N2O5/c1-16-22(24(31)25(27)32)23-20(28-16)12-7-13-26(23,33-15-21(29)30)14-18-10-5-6-11-19(18)17-8-3-2-4-9-17/h2-13,16,28H,14-15H2,1H3,(H2,27,32)(H,29,30). The van der Waals surface area contributed by atoms with Gasteiger partial charge in [-0.05, 0) is 35.8 Å². The van der Waals surface area contributed by atoms with E-state index in [2.05, 4.69) is 5.32 Å². The highest BCUT2D eigenvalue weighted by molar-refractivity contribution is 6.43. The average molecular weight is 444 g/mol. The molecule has 0 radical (unpaired) electrons. The molecule has 0 fully saturated rings. The largest absolute Gasteiger partial charge is 0.480 e. The third-order valence-electron chi connectivity index (χ3n) is 5.87. The van der Waals surface area contributed by atoms with Crippen LogP contribution in [0.3, 0.4) is 0 Å². The summed E-state index contributed by atoms with van der Waals surface area (Å²) in [4.78, 5) is 36.1. The van der Waals surface area contributed by atoms with Crippen molar-refractivity contribution in [3.63, 3.8) is 0 Å². The molecule has 2 atom stereocenters. The maximum Gasteiger partial charge on any atom is 0.329 e. The van der Waals surface area contributed by atoms with E-state index >= 15 is 0 Å². The fraction of sp³-hybridized carbons (Fsp3) is 0.192. The molecule has 2 aromatic carbocycles. The first-order chi connectivity index (χ1) is 15.8. The number of hydrogen-bond donors (Lipinski definition) is 3. The first-order valence-electron chi connectivity index (χ1n) is 10.6. The van der Waals surface area contributed by atoms with Gasteiger partial charge in [0.1, 0.15) is 12.2 Å².